The van der Waals surface area contributed by atoms with Crippen LogP contribution in [0.25, 0.3) is 0 Å². The molecule has 0 saturated heterocycles. The quantitative estimate of drug-likeness (QED) is 0.387. The summed E-state index contributed by atoms with van der Waals surface area (Å²) < 4.78 is 22.4. The lowest BCUT2D eigenvalue weighted by Gasteiger charge is -2.48. The number of ether oxygens (including phenoxy) is 2. The largest absolute Gasteiger partial charge is 0.469 e. The van der Waals surface area contributed by atoms with Crippen LogP contribution in [0.15, 0.2) is 22.8 Å². The van der Waals surface area contributed by atoms with Crippen LogP contribution < -0.4 is 0 Å². The summed E-state index contributed by atoms with van der Waals surface area (Å²) in [6.45, 7) is 11.4. The van der Waals surface area contributed by atoms with Crippen LogP contribution in [0.4, 0.5) is 0 Å². The van der Waals surface area contributed by atoms with E-state index < -0.39 is 43.6 Å². The van der Waals surface area contributed by atoms with Crippen LogP contribution in [-0.2, 0) is 28.3 Å². The van der Waals surface area contributed by atoms with E-state index in [4.69, 9.17) is 18.3 Å². The molecule has 0 aliphatic heterocycles. The van der Waals surface area contributed by atoms with Gasteiger partial charge in [-0.2, -0.15) is 0 Å². The van der Waals surface area contributed by atoms with Crippen LogP contribution in [0.3, 0.4) is 0 Å². The molecule has 28 heavy (non-hydrogen) atoms. The van der Waals surface area contributed by atoms with Gasteiger partial charge in [-0.1, -0.05) is 0 Å². The van der Waals surface area contributed by atoms with Crippen molar-refractivity contribution in [2.24, 2.45) is 11.8 Å². The third-order valence-corrected chi connectivity index (χ3v) is 5.82. The molecule has 0 radical (unpaired) electrons. The zero-order valence-electron chi connectivity index (χ0n) is 17.4. The van der Waals surface area contributed by atoms with Crippen molar-refractivity contribution in [3.63, 3.8) is 0 Å². The molecule has 1 aromatic heterocycles. The Labute approximate surface area is 166 Å². The SMILES string of the molecule is CCOC(=O)C1C(=O)CC(C)(O[Si](C)(C)C)C(C(=O)OCC)C1c1ccco1. The van der Waals surface area contributed by atoms with E-state index in [-0.39, 0.29) is 25.4 Å². The molecule has 8 heteroatoms. The number of Topliss-reactive ketones (excluding diaryl/α,β-unsaturated/α-hetero) is 1. The lowest BCUT2D eigenvalue weighted by molar-refractivity contribution is -0.171. The monoisotopic (exact) mass is 410 g/mol. The molecule has 1 aliphatic carbocycles. The maximum atomic E-state index is 13.1. The molecule has 1 aromatic rings. The Kier molecular flexibility index (Phi) is 6.87. The van der Waals surface area contributed by atoms with Gasteiger partial charge in [0.15, 0.2) is 14.1 Å². The molecule has 1 saturated carbocycles. The van der Waals surface area contributed by atoms with E-state index in [0.29, 0.717) is 5.76 Å². The Morgan fingerprint density at radius 2 is 1.79 bits per heavy atom. The highest BCUT2D eigenvalue weighted by atomic mass is 28.4. The fraction of sp³-hybridized carbons (Fsp3) is 0.650. The first-order valence-electron chi connectivity index (χ1n) is 9.63. The van der Waals surface area contributed by atoms with Gasteiger partial charge in [0, 0.05) is 6.42 Å². The van der Waals surface area contributed by atoms with Crippen LogP contribution >= 0.6 is 0 Å². The minimum Gasteiger partial charge on any atom is -0.469 e. The predicted molar refractivity (Wildman–Crippen MR) is 104 cm³/mol. The molecule has 1 aliphatic rings. The van der Waals surface area contributed by atoms with Gasteiger partial charge in [0.05, 0.1) is 36.9 Å². The standard InChI is InChI=1S/C20H30O7Si/c1-7-24-18(22)15-13(21)12-20(3,27-28(4,5)6)17(19(23)25-8-2)16(15)14-10-9-11-26-14/h9-11,15-17H,7-8,12H2,1-6H3. The highest BCUT2D eigenvalue weighted by Crippen LogP contribution is 2.49. The molecule has 4 atom stereocenters. The van der Waals surface area contributed by atoms with Gasteiger partial charge >= 0.3 is 11.9 Å². The van der Waals surface area contributed by atoms with Gasteiger partial charge in [-0.15, -0.1) is 0 Å². The number of hydrogen-bond acceptors (Lipinski definition) is 7. The second-order valence-electron chi connectivity index (χ2n) is 8.17. The van der Waals surface area contributed by atoms with Gasteiger partial charge < -0.3 is 18.3 Å². The molecular weight excluding hydrogens is 380 g/mol. The minimum atomic E-state index is -2.14. The average molecular weight is 411 g/mol. The van der Waals surface area contributed by atoms with E-state index in [1.165, 1.54) is 6.26 Å². The lowest BCUT2D eigenvalue weighted by atomic mass is 9.63. The normalized spacial score (nSPS) is 28.1. The molecule has 156 valence electrons. The zero-order chi connectivity index (χ0) is 21.1. The molecule has 0 spiro atoms. The van der Waals surface area contributed by atoms with Gasteiger partial charge in [-0.05, 0) is 52.5 Å². The maximum Gasteiger partial charge on any atom is 0.317 e. The molecule has 0 N–H and O–H groups in total. The number of hydrogen-bond donors (Lipinski definition) is 0. The Bertz CT molecular complexity index is 707. The third kappa shape index (κ3) is 4.72. The van der Waals surface area contributed by atoms with E-state index in [2.05, 4.69) is 0 Å². The fourth-order valence-electron chi connectivity index (χ4n) is 4.08. The fourth-order valence-corrected chi connectivity index (χ4v) is 5.68. The number of furan rings is 1. The molecule has 7 nitrogen and oxygen atoms in total. The average Bonchev–Trinajstić information content (AvgIpc) is 3.06. The Morgan fingerprint density at radius 3 is 2.29 bits per heavy atom. The molecule has 0 bridgehead atoms. The summed E-state index contributed by atoms with van der Waals surface area (Å²) in [5.74, 6) is -3.98. The lowest BCUT2D eigenvalue weighted by Crippen LogP contribution is -2.59. The summed E-state index contributed by atoms with van der Waals surface area (Å²) in [6, 6.07) is 3.33. The Morgan fingerprint density at radius 1 is 1.18 bits per heavy atom. The number of carbonyl (C=O) groups is 3. The van der Waals surface area contributed by atoms with E-state index in [1.54, 1.807) is 32.9 Å². The molecule has 1 heterocycles. The second-order valence-corrected chi connectivity index (χ2v) is 12.6. The number of ketones is 1. The van der Waals surface area contributed by atoms with Crippen molar-refractivity contribution in [2.75, 3.05) is 13.2 Å². The van der Waals surface area contributed by atoms with Gasteiger partial charge in [0.1, 0.15) is 11.7 Å². The van der Waals surface area contributed by atoms with E-state index in [9.17, 15) is 14.4 Å². The second kappa shape index (κ2) is 8.61. The molecule has 2 rings (SSSR count). The number of rotatable bonds is 7. The Hall–Kier alpha value is -1.93. The summed E-state index contributed by atoms with van der Waals surface area (Å²) in [6.07, 6.45) is 1.39. The summed E-state index contributed by atoms with van der Waals surface area (Å²) in [5.41, 5.74) is -1.10. The molecule has 0 aromatic carbocycles. The summed E-state index contributed by atoms with van der Waals surface area (Å²) >= 11 is 0. The van der Waals surface area contributed by atoms with Crippen molar-refractivity contribution in [1.29, 1.82) is 0 Å². The number of esters is 2. The molecule has 0 amide bonds. The molecular formula is C20H30O7Si. The van der Waals surface area contributed by atoms with Gasteiger partial charge in [-0.3, -0.25) is 14.4 Å². The smallest absolute Gasteiger partial charge is 0.317 e. The van der Waals surface area contributed by atoms with E-state index in [1.807, 2.05) is 19.6 Å². The van der Waals surface area contributed by atoms with Crippen LogP contribution in [0, 0.1) is 11.8 Å². The predicted octanol–water partition coefficient (Wildman–Crippen LogP) is 3.30. The van der Waals surface area contributed by atoms with Gasteiger partial charge in [0.25, 0.3) is 0 Å². The van der Waals surface area contributed by atoms with Crippen LogP contribution in [0.2, 0.25) is 19.6 Å². The van der Waals surface area contributed by atoms with E-state index >= 15 is 0 Å². The third-order valence-electron chi connectivity index (χ3n) is 4.74. The minimum absolute atomic E-state index is 0.0680. The maximum absolute atomic E-state index is 13.1. The first-order chi connectivity index (χ1) is 13.0. The van der Waals surface area contributed by atoms with Gasteiger partial charge in [-0.25, -0.2) is 0 Å². The highest BCUT2D eigenvalue weighted by Gasteiger charge is 2.60. The highest BCUT2D eigenvalue weighted by molar-refractivity contribution is 6.69. The van der Waals surface area contributed by atoms with Crippen LogP contribution in [0.5, 0.6) is 0 Å². The Balaban J connectivity index is 2.62. The van der Waals surface area contributed by atoms with Crippen molar-refractivity contribution in [3.8, 4) is 0 Å². The van der Waals surface area contributed by atoms with Crippen molar-refractivity contribution >= 4 is 26.0 Å². The van der Waals surface area contributed by atoms with Crippen LogP contribution in [0.1, 0.15) is 38.9 Å². The van der Waals surface area contributed by atoms with Crippen molar-refractivity contribution in [1.82, 2.24) is 0 Å². The first-order valence-corrected chi connectivity index (χ1v) is 13.0. The van der Waals surface area contributed by atoms with Crippen molar-refractivity contribution < 1.29 is 32.7 Å². The van der Waals surface area contributed by atoms with Gasteiger partial charge in [0.2, 0.25) is 0 Å². The topological polar surface area (TPSA) is 92.0 Å². The van der Waals surface area contributed by atoms with Crippen molar-refractivity contribution in [2.45, 2.75) is 58.4 Å². The summed E-state index contributed by atoms with van der Waals surface area (Å²) in [5, 5.41) is 0. The molecule has 1 fully saturated rings. The number of carbonyl (C=O) groups excluding carboxylic acids is 3. The van der Waals surface area contributed by atoms with Crippen LogP contribution in [-0.4, -0.2) is 44.9 Å². The zero-order valence-corrected chi connectivity index (χ0v) is 18.4. The van der Waals surface area contributed by atoms with Crippen molar-refractivity contribution in [3.05, 3.63) is 24.2 Å². The summed E-state index contributed by atoms with van der Waals surface area (Å²) in [4.78, 5) is 38.8. The molecule has 4 unspecified atom stereocenters. The summed E-state index contributed by atoms with van der Waals surface area (Å²) in [7, 11) is -2.14. The van der Waals surface area contributed by atoms with E-state index in [0.717, 1.165) is 0 Å². The first kappa shape index (κ1) is 22.4.